The Morgan fingerprint density at radius 1 is 1.41 bits per heavy atom. The van der Waals surface area contributed by atoms with Crippen LogP contribution >= 0.6 is 0 Å². The van der Waals surface area contributed by atoms with E-state index >= 15 is 0 Å². The minimum atomic E-state index is 0.366. The predicted octanol–water partition coefficient (Wildman–Crippen LogP) is 3.42. The van der Waals surface area contributed by atoms with E-state index < -0.39 is 0 Å². The molecule has 1 unspecified atom stereocenters. The number of aromatic nitrogens is 2. The second-order valence-corrected chi connectivity index (χ2v) is 6.40. The van der Waals surface area contributed by atoms with Gasteiger partial charge in [-0.25, -0.2) is 0 Å². The number of rotatable bonds is 2. The van der Waals surface area contributed by atoms with Crippen LogP contribution in [0.3, 0.4) is 0 Å². The van der Waals surface area contributed by atoms with E-state index in [1.807, 2.05) is 11.7 Å². The highest BCUT2D eigenvalue weighted by atomic mass is 15.3. The van der Waals surface area contributed by atoms with Crippen molar-refractivity contribution in [3.63, 3.8) is 0 Å². The summed E-state index contributed by atoms with van der Waals surface area (Å²) in [6.07, 6.45) is 3.86. The summed E-state index contributed by atoms with van der Waals surface area (Å²) in [5, 5.41) is 4.70. The molecule has 3 nitrogen and oxygen atoms in total. The average molecular weight is 235 g/mol. The van der Waals surface area contributed by atoms with Crippen LogP contribution in [0.1, 0.15) is 70.1 Å². The van der Waals surface area contributed by atoms with E-state index in [1.54, 1.807) is 0 Å². The summed E-state index contributed by atoms with van der Waals surface area (Å²) >= 11 is 0. The van der Waals surface area contributed by atoms with E-state index in [0.717, 1.165) is 5.82 Å². The molecule has 0 spiro atoms. The van der Waals surface area contributed by atoms with Crippen LogP contribution < -0.4 is 5.73 Å². The van der Waals surface area contributed by atoms with Gasteiger partial charge in [0.25, 0.3) is 0 Å². The van der Waals surface area contributed by atoms with Gasteiger partial charge in [0, 0.05) is 18.5 Å². The van der Waals surface area contributed by atoms with Gasteiger partial charge in [0.1, 0.15) is 5.82 Å². The first kappa shape index (κ1) is 12.5. The second kappa shape index (κ2) is 4.04. The van der Waals surface area contributed by atoms with Gasteiger partial charge in [0.2, 0.25) is 0 Å². The zero-order valence-corrected chi connectivity index (χ0v) is 11.7. The molecular weight excluding hydrogens is 210 g/mol. The van der Waals surface area contributed by atoms with Crippen LogP contribution in [0.25, 0.3) is 0 Å². The lowest BCUT2D eigenvalue weighted by Crippen LogP contribution is -2.17. The van der Waals surface area contributed by atoms with Gasteiger partial charge in [-0.3, -0.25) is 4.68 Å². The number of nitrogen functional groups attached to an aromatic ring is 1. The minimum Gasteiger partial charge on any atom is -0.384 e. The number of aryl methyl sites for hydroxylation is 1. The van der Waals surface area contributed by atoms with Gasteiger partial charge in [-0.2, -0.15) is 5.10 Å². The smallest absolute Gasteiger partial charge is 0.125 e. The number of nitrogens with two attached hydrogens (primary N) is 1. The Kier molecular flexibility index (Phi) is 2.96. The molecule has 1 aromatic heterocycles. The molecule has 2 rings (SSSR count). The fourth-order valence-electron chi connectivity index (χ4n) is 3.26. The maximum atomic E-state index is 6.16. The van der Waals surface area contributed by atoms with E-state index in [4.69, 9.17) is 10.8 Å². The number of hydrogen-bond acceptors (Lipinski definition) is 2. The Bertz CT molecular complexity index is 415. The van der Waals surface area contributed by atoms with Crippen LogP contribution in [0, 0.1) is 5.41 Å². The first-order valence-corrected chi connectivity index (χ1v) is 6.67. The number of anilines is 1. The van der Waals surface area contributed by atoms with Gasteiger partial charge in [-0.15, -0.1) is 0 Å². The van der Waals surface area contributed by atoms with Crippen molar-refractivity contribution in [2.45, 2.75) is 58.8 Å². The number of hydrogen-bond donors (Lipinski definition) is 1. The predicted molar refractivity (Wildman–Crippen MR) is 72.1 cm³/mol. The monoisotopic (exact) mass is 235 g/mol. The van der Waals surface area contributed by atoms with Crippen LogP contribution in [0.4, 0.5) is 5.82 Å². The molecule has 1 aliphatic carbocycles. The van der Waals surface area contributed by atoms with Gasteiger partial charge in [0.15, 0.2) is 0 Å². The summed E-state index contributed by atoms with van der Waals surface area (Å²) in [4.78, 5) is 0. The standard InChI is InChI=1S/C14H25N3/c1-9(2)11-12(16-17(5)13(11)15)10-7-6-8-14(10,3)4/h9-10H,6-8,15H2,1-5H3. The molecule has 1 aromatic rings. The lowest BCUT2D eigenvalue weighted by molar-refractivity contribution is 0.324. The first-order valence-electron chi connectivity index (χ1n) is 6.67. The average Bonchev–Trinajstić information content (AvgIpc) is 2.68. The summed E-state index contributed by atoms with van der Waals surface area (Å²) in [7, 11) is 1.95. The third-order valence-electron chi connectivity index (χ3n) is 4.32. The Hall–Kier alpha value is -0.990. The summed E-state index contributed by atoms with van der Waals surface area (Å²) in [6, 6.07) is 0. The van der Waals surface area contributed by atoms with Gasteiger partial charge < -0.3 is 5.73 Å². The zero-order valence-electron chi connectivity index (χ0n) is 11.7. The van der Waals surface area contributed by atoms with Crippen LogP contribution in [-0.2, 0) is 7.05 Å². The molecule has 1 atom stereocenters. The number of nitrogens with zero attached hydrogens (tertiary/aromatic N) is 2. The minimum absolute atomic E-state index is 0.366. The van der Waals surface area contributed by atoms with Crippen molar-refractivity contribution < 1.29 is 0 Å². The molecule has 1 saturated carbocycles. The highest BCUT2D eigenvalue weighted by molar-refractivity contribution is 5.47. The van der Waals surface area contributed by atoms with Crippen molar-refractivity contribution in [1.82, 2.24) is 9.78 Å². The van der Waals surface area contributed by atoms with E-state index in [0.29, 0.717) is 17.3 Å². The maximum Gasteiger partial charge on any atom is 0.125 e. The lowest BCUT2D eigenvalue weighted by atomic mass is 9.78. The molecule has 1 aliphatic rings. The third-order valence-corrected chi connectivity index (χ3v) is 4.32. The molecule has 0 radical (unpaired) electrons. The highest BCUT2D eigenvalue weighted by Gasteiger charge is 2.39. The normalized spacial score (nSPS) is 23.5. The van der Waals surface area contributed by atoms with Crippen LogP contribution in [-0.4, -0.2) is 9.78 Å². The SMILES string of the molecule is CC(C)c1c(C2CCCC2(C)C)nn(C)c1N. The van der Waals surface area contributed by atoms with Gasteiger partial charge in [0.05, 0.1) is 5.69 Å². The molecule has 0 amide bonds. The van der Waals surface area contributed by atoms with Crippen molar-refractivity contribution in [3.05, 3.63) is 11.3 Å². The Morgan fingerprint density at radius 2 is 2.06 bits per heavy atom. The lowest BCUT2D eigenvalue weighted by Gasteiger charge is -2.27. The van der Waals surface area contributed by atoms with Crippen LogP contribution in [0.5, 0.6) is 0 Å². The van der Waals surface area contributed by atoms with E-state index in [1.165, 1.54) is 30.5 Å². The van der Waals surface area contributed by atoms with Gasteiger partial charge in [-0.05, 0) is 24.2 Å². The fraction of sp³-hybridized carbons (Fsp3) is 0.786. The van der Waals surface area contributed by atoms with Crippen LogP contribution in [0.2, 0.25) is 0 Å². The molecule has 0 saturated heterocycles. The Balaban J connectivity index is 2.49. The molecule has 3 heteroatoms. The zero-order chi connectivity index (χ0) is 12.8. The van der Waals surface area contributed by atoms with Crippen molar-refractivity contribution in [1.29, 1.82) is 0 Å². The second-order valence-electron chi connectivity index (χ2n) is 6.40. The van der Waals surface area contributed by atoms with Gasteiger partial charge in [-0.1, -0.05) is 34.1 Å². The van der Waals surface area contributed by atoms with Crippen molar-refractivity contribution >= 4 is 5.82 Å². The third kappa shape index (κ3) is 1.96. The molecule has 1 heterocycles. The van der Waals surface area contributed by atoms with Crippen molar-refractivity contribution in [2.24, 2.45) is 12.5 Å². The highest BCUT2D eigenvalue weighted by Crippen LogP contribution is 2.50. The van der Waals surface area contributed by atoms with E-state index in [2.05, 4.69) is 27.7 Å². The molecule has 2 N–H and O–H groups in total. The maximum absolute atomic E-state index is 6.16. The Morgan fingerprint density at radius 3 is 2.53 bits per heavy atom. The molecule has 17 heavy (non-hydrogen) atoms. The molecule has 1 fully saturated rings. The summed E-state index contributed by atoms with van der Waals surface area (Å²) in [5.41, 5.74) is 9.05. The fourth-order valence-corrected chi connectivity index (χ4v) is 3.26. The largest absolute Gasteiger partial charge is 0.384 e. The molecular formula is C14H25N3. The van der Waals surface area contributed by atoms with Crippen LogP contribution in [0.15, 0.2) is 0 Å². The molecule has 96 valence electrons. The summed E-state index contributed by atoms with van der Waals surface area (Å²) < 4.78 is 1.85. The summed E-state index contributed by atoms with van der Waals surface area (Å²) in [6.45, 7) is 9.14. The molecule has 0 bridgehead atoms. The van der Waals surface area contributed by atoms with Crippen molar-refractivity contribution in [2.75, 3.05) is 5.73 Å². The quantitative estimate of drug-likeness (QED) is 0.853. The van der Waals surface area contributed by atoms with E-state index in [9.17, 15) is 0 Å². The molecule has 0 aliphatic heterocycles. The topological polar surface area (TPSA) is 43.8 Å². The first-order chi connectivity index (χ1) is 7.84. The van der Waals surface area contributed by atoms with Crippen molar-refractivity contribution in [3.8, 4) is 0 Å². The van der Waals surface area contributed by atoms with Gasteiger partial charge >= 0.3 is 0 Å². The molecule has 0 aromatic carbocycles. The Labute approximate surface area is 104 Å². The summed E-state index contributed by atoms with van der Waals surface area (Å²) in [5.74, 6) is 1.87. The van der Waals surface area contributed by atoms with E-state index in [-0.39, 0.29) is 0 Å².